The second-order valence-electron chi connectivity index (χ2n) is 5.25. The average Bonchev–Trinajstić information content (AvgIpc) is 2.44. The van der Waals surface area contributed by atoms with Crippen molar-refractivity contribution in [3.63, 3.8) is 0 Å². The molecule has 1 aromatic carbocycles. The summed E-state index contributed by atoms with van der Waals surface area (Å²) in [5.74, 6) is 0.827. The third-order valence-electron chi connectivity index (χ3n) is 3.68. The van der Waals surface area contributed by atoms with E-state index in [4.69, 9.17) is 0 Å². The largest absolute Gasteiger partial charge is 0.303 e. The Kier molecular flexibility index (Phi) is 7.24. The van der Waals surface area contributed by atoms with E-state index in [2.05, 4.69) is 18.1 Å². The number of Topliss-reactive ketones (excluding diaryl/α,β-unsaturated/α-hetero) is 1. The molecule has 0 bridgehead atoms. The van der Waals surface area contributed by atoms with Crippen LogP contribution < -0.4 is 0 Å². The first kappa shape index (κ1) is 17.2. The van der Waals surface area contributed by atoms with Gasteiger partial charge in [0.25, 0.3) is 0 Å². The van der Waals surface area contributed by atoms with Crippen molar-refractivity contribution >= 4 is 17.5 Å². The summed E-state index contributed by atoms with van der Waals surface area (Å²) < 4.78 is 13.4. The van der Waals surface area contributed by atoms with Crippen molar-refractivity contribution in [1.82, 2.24) is 4.90 Å². The van der Waals surface area contributed by atoms with E-state index in [1.807, 2.05) is 18.8 Å². The maximum atomic E-state index is 13.4. The van der Waals surface area contributed by atoms with Gasteiger partial charge in [-0.3, -0.25) is 4.79 Å². The topological polar surface area (TPSA) is 20.3 Å². The highest BCUT2D eigenvalue weighted by atomic mass is 32.2. The number of rotatable bonds is 8. The monoisotopic (exact) mass is 297 g/mol. The second-order valence-corrected chi connectivity index (χ2v) is 6.23. The molecule has 112 valence electrons. The minimum atomic E-state index is -0.308. The molecule has 0 amide bonds. The minimum absolute atomic E-state index is 0.00724. The van der Waals surface area contributed by atoms with E-state index in [0.717, 1.165) is 12.2 Å². The predicted molar refractivity (Wildman–Crippen MR) is 85.2 cm³/mol. The number of halogens is 1. The number of hydrogen-bond donors (Lipinski definition) is 0. The Bertz CT molecular complexity index is 450. The van der Waals surface area contributed by atoms with Crippen molar-refractivity contribution in [3.05, 3.63) is 35.1 Å². The van der Waals surface area contributed by atoms with Gasteiger partial charge in [0.15, 0.2) is 5.78 Å². The maximum Gasteiger partial charge on any atom is 0.164 e. The van der Waals surface area contributed by atoms with Crippen LogP contribution in [0.25, 0.3) is 0 Å². The van der Waals surface area contributed by atoms with Crippen molar-refractivity contribution in [2.75, 3.05) is 25.6 Å². The molecule has 0 aliphatic heterocycles. The first-order chi connectivity index (χ1) is 9.45. The zero-order valence-electron chi connectivity index (χ0n) is 12.8. The standard InChI is InChI=1S/C16H24FNOS/c1-12-5-6-14(11-15(12)17)16(19)7-9-18(3)13(2)8-10-20-4/h5-6,11,13H,7-10H2,1-4H3. The van der Waals surface area contributed by atoms with Gasteiger partial charge in [-0.05, 0) is 51.0 Å². The molecule has 0 radical (unpaired) electrons. The lowest BCUT2D eigenvalue weighted by Gasteiger charge is -2.24. The van der Waals surface area contributed by atoms with Gasteiger partial charge in [-0.1, -0.05) is 12.1 Å². The fourth-order valence-electron chi connectivity index (χ4n) is 1.92. The summed E-state index contributed by atoms with van der Waals surface area (Å²) in [7, 11) is 2.04. The molecule has 0 saturated heterocycles. The molecule has 20 heavy (non-hydrogen) atoms. The minimum Gasteiger partial charge on any atom is -0.303 e. The van der Waals surface area contributed by atoms with Crippen LogP contribution >= 0.6 is 11.8 Å². The van der Waals surface area contributed by atoms with Gasteiger partial charge in [-0.25, -0.2) is 4.39 Å². The number of thioether (sulfide) groups is 1. The van der Waals surface area contributed by atoms with Crippen molar-refractivity contribution in [1.29, 1.82) is 0 Å². The van der Waals surface area contributed by atoms with Crippen LogP contribution in [0.15, 0.2) is 18.2 Å². The van der Waals surface area contributed by atoms with Crippen molar-refractivity contribution in [2.24, 2.45) is 0 Å². The quantitative estimate of drug-likeness (QED) is 0.681. The summed E-state index contributed by atoms with van der Waals surface area (Å²) in [4.78, 5) is 14.2. The van der Waals surface area contributed by atoms with Gasteiger partial charge < -0.3 is 4.90 Å². The third-order valence-corrected chi connectivity index (χ3v) is 4.32. The van der Waals surface area contributed by atoms with E-state index >= 15 is 0 Å². The van der Waals surface area contributed by atoms with Gasteiger partial charge in [0.1, 0.15) is 5.82 Å². The number of aryl methyl sites for hydroxylation is 1. The Labute approximate surface area is 125 Å². The molecule has 0 heterocycles. The van der Waals surface area contributed by atoms with Crippen LogP contribution in [-0.4, -0.2) is 42.3 Å². The lowest BCUT2D eigenvalue weighted by Crippen LogP contribution is -2.31. The Morgan fingerprint density at radius 1 is 1.45 bits per heavy atom. The van der Waals surface area contributed by atoms with Crippen molar-refractivity contribution in [3.8, 4) is 0 Å². The number of ketones is 1. The zero-order chi connectivity index (χ0) is 15.1. The van der Waals surface area contributed by atoms with Crippen LogP contribution in [0.5, 0.6) is 0 Å². The van der Waals surface area contributed by atoms with Crippen molar-refractivity contribution in [2.45, 2.75) is 32.7 Å². The molecule has 1 unspecified atom stereocenters. The molecule has 0 aromatic heterocycles. The molecule has 0 fully saturated rings. The molecule has 0 saturated carbocycles. The summed E-state index contributed by atoms with van der Waals surface area (Å²) >= 11 is 1.84. The van der Waals surface area contributed by atoms with Gasteiger partial charge in [0.2, 0.25) is 0 Å². The van der Waals surface area contributed by atoms with Gasteiger partial charge in [-0.2, -0.15) is 11.8 Å². The number of hydrogen-bond acceptors (Lipinski definition) is 3. The smallest absolute Gasteiger partial charge is 0.164 e. The van der Waals surface area contributed by atoms with Crippen LogP contribution in [0.4, 0.5) is 4.39 Å². The number of carbonyl (C=O) groups excluding carboxylic acids is 1. The third kappa shape index (κ3) is 5.25. The highest BCUT2D eigenvalue weighted by Gasteiger charge is 2.12. The van der Waals surface area contributed by atoms with E-state index in [1.54, 1.807) is 19.1 Å². The first-order valence-corrected chi connectivity index (χ1v) is 8.33. The molecule has 0 aliphatic carbocycles. The van der Waals surface area contributed by atoms with Crippen LogP contribution in [-0.2, 0) is 0 Å². The molecule has 0 aliphatic rings. The van der Waals surface area contributed by atoms with E-state index in [9.17, 15) is 9.18 Å². The van der Waals surface area contributed by atoms with Crippen molar-refractivity contribution < 1.29 is 9.18 Å². The summed E-state index contributed by atoms with van der Waals surface area (Å²) in [5, 5.41) is 0. The maximum absolute atomic E-state index is 13.4. The van der Waals surface area contributed by atoms with Crippen LogP contribution in [0, 0.1) is 12.7 Å². The highest BCUT2D eigenvalue weighted by Crippen LogP contribution is 2.12. The molecule has 0 spiro atoms. The average molecular weight is 297 g/mol. The summed E-state index contributed by atoms with van der Waals surface area (Å²) in [6, 6.07) is 5.17. The number of nitrogens with zero attached hydrogens (tertiary/aromatic N) is 1. The molecule has 2 nitrogen and oxygen atoms in total. The fraction of sp³-hybridized carbons (Fsp3) is 0.562. The lowest BCUT2D eigenvalue weighted by atomic mass is 10.1. The SMILES string of the molecule is CSCCC(C)N(C)CCC(=O)c1ccc(C)c(F)c1. The Balaban J connectivity index is 2.48. The van der Waals surface area contributed by atoms with Crippen LogP contribution in [0.2, 0.25) is 0 Å². The fourth-order valence-corrected chi connectivity index (χ4v) is 2.49. The van der Waals surface area contributed by atoms with Gasteiger partial charge in [0.05, 0.1) is 0 Å². The normalized spacial score (nSPS) is 12.7. The van der Waals surface area contributed by atoms with E-state index in [-0.39, 0.29) is 11.6 Å². The molecule has 1 aromatic rings. The van der Waals surface area contributed by atoms with E-state index < -0.39 is 0 Å². The van der Waals surface area contributed by atoms with Gasteiger partial charge in [0, 0.05) is 24.6 Å². The van der Waals surface area contributed by atoms with Crippen LogP contribution in [0.3, 0.4) is 0 Å². The molecule has 1 atom stereocenters. The molecule has 0 N–H and O–H groups in total. The van der Waals surface area contributed by atoms with E-state index in [0.29, 0.717) is 30.1 Å². The second kappa shape index (κ2) is 8.42. The summed E-state index contributed by atoms with van der Waals surface area (Å²) in [6.07, 6.45) is 3.65. The van der Waals surface area contributed by atoms with E-state index in [1.165, 1.54) is 6.07 Å². The molecule has 4 heteroatoms. The lowest BCUT2D eigenvalue weighted by molar-refractivity contribution is 0.0961. The summed E-state index contributed by atoms with van der Waals surface area (Å²) in [5.41, 5.74) is 1.04. The number of carbonyl (C=O) groups is 1. The van der Waals surface area contributed by atoms with Gasteiger partial charge >= 0.3 is 0 Å². The van der Waals surface area contributed by atoms with Gasteiger partial charge in [-0.15, -0.1) is 0 Å². The zero-order valence-corrected chi connectivity index (χ0v) is 13.6. The van der Waals surface area contributed by atoms with Crippen LogP contribution in [0.1, 0.15) is 35.7 Å². The predicted octanol–water partition coefficient (Wildman–Crippen LogP) is 3.78. The Morgan fingerprint density at radius 2 is 2.15 bits per heavy atom. The molecular weight excluding hydrogens is 273 g/mol. The molecule has 1 rings (SSSR count). The summed E-state index contributed by atoms with van der Waals surface area (Å²) in [6.45, 7) is 4.58. The Morgan fingerprint density at radius 3 is 2.75 bits per heavy atom. The first-order valence-electron chi connectivity index (χ1n) is 6.94. The Hall–Kier alpha value is -0.870. The number of benzene rings is 1. The molecular formula is C16H24FNOS. The highest BCUT2D eigenvalue weighted by molar-refractivity contribution is 7.98.